The van der Waals surface area contributed by atoms with Gasteiger partial charge in [-0.25, -0.2) is 0 Å². The van der Waals surface area contributed by atoms with Gasteiger partial charge in [0.1, 0.15) is 0 Å². The number of hydrogen-bond acceptors (Lipinski definition) is 3. The summed E-state index contributed by atoms with van der Waals surface area (Å²) in [5.41, 5.74) is 1.29. The molecule has 6 heteroatoms. The van der Waals surface area contributed by atoms with Gasteiger partial charge in [0.15, 0.2) is 0 Å². The quantitative estimate of drug-likeness (QED) is 0.822. The van der Waals surface area contributed by atoms with Gasteiger partial charge in [-0.2, -0.15) is 5.10 Å². The fourth-order valence-electron chi connectivity index (χ4n) is 1.49. The number of likely N-dealkylation sites (N-methyl/N-ethyl adjacent to an activating group) is 1. The van der Waals surface area contributed by atoms with E-state index < -0.39 is 0 Å². The van der Waals surface area contributed by atoms with Crippen LogP contribution in [0.25, 0.3) is 10.9 Å². The topological polar surface area (TPSA) is 78.1 Å². The lowest BCUT2D eigenvalue weighted by molar-refractivity contribution is -0.127. The van der Waals surface area contributed by atoms with E-state index in [0.717, 1.165) is 10.9 Å². The number of nitrogens with zero attached hydrogens (tertiary/aromatic N) is 2. The van der Waals surface area contributed by atoms with E-state index >= 15 is 0 Å². The minimum Gasteiger partial charge on any atom is -0.347 e. The van der Waals surface area contributed by atoms with Crippen molar-refractivity contribution in [1.29, 1.82) is 0 Å². The van der Waals surface area contributed by atoms with Gasteiger partial charge in [0.05, 0.1) is 18.3 Å². The SMILES string of the molecule is CN(C)C(=O)CNC(=O)c1ccc2cn[nH]c2c1. The normalized spacial score (nSPS) is 10.3. The Kier molecular flexibility index (Phi) is 3.27. The van der Waals surface area contributed by atoms with E-state index in [2.05, 4.69) is 15.5 Å². The van der Waals surface area contributed by atoms with Crippen LogP contribution in [0.1, 0.15) is 10.4 Å². The maximum absolute atomic E-state index is 11.8. The first kappa shape index (κ1) is 12.1. The lowest BCUT2D eigenvalue weighted by atomic mass is 10.1. The predicted octanol–water partition coefficient (Wildman–Crippen LogP) is 0.381. The molecule has 0 aliphatic carbocycles. The summed E-state index contributed by atoms with van der Waals surface area (Å²) in [6.45, 7) is -0.00710. The second kappa shape index (κ2) is 4.87. The minimum absolute atomic E-state index is 0.00710. The van der Waals surface area contributed by atoms with Gasteiger partial charge in [0.25, 0.3) is 5.91 Å². The van der Waals surface area contributed by atoms with Crippen LogP contribution in [0, 0.1) is 0 Å². The molecule has 1 aromatic heterocycles. The molecule has 2 rings (SSSR count). The number of fused-ring (bicyclic) bond motifs is 1. The molecule has 2 amide bonds. The van der Waals surface area contributed by atoms with Crippen molar-refractivity contribution in [3.63, 3.8) is 0 Å². The number of hydrogen-bond donors (Lipinski definition) is 2. The van der Waals surface area contributed by atoms with Crippen molar-refractivity contribution in [2.24, 2.45) is 0 Å². The first-order valence-electron chi connectivity index (χ1n) is 5.49. The van der Waals surface area contributed by atoms with Gasteiger partial charge >= 0.3 is 0 Å². The zero-order valence-electron chi connectivity index (χ0n) is 10.2. The van der Waals surface area contributed by atoms with Crippen molar-refractivity contribution in [1.82, 2.24) is 20.4 Å². The molecule has 2 N–H and O–H groups in total. The standard InChI is InChI=1S/C12H14N4O2/c1-16(2)11(17)7-13-12(18)8-3-4-9-6-14-15-10(9)5-8/h3-6H,7H2,1-2H3,(H,13,18)(H,14,15). The van der Waals surface area contributed by atoms with Crippen LogP contribution in [0.3, 0.4) is 0 Å². The molecule has 6 nitrogen and oxygen atoms in total. The first-order chi connectivity index (χ1) is 8.58. The van der Waals surface area contributed by atoms with Crippen LogP contribution in [-0.4, -0.2) is 47.6 Å². The highest BCUT2D eigenvalue weighted by atomic mass is 16.2. The third-order valence-electron chi connectivity index (χ3n) is 2.60. The Bertz CT molecular complexity index is 589. The Morgan fingerprint density at radius 3 is 2.89 bits per heavy atom. The Balaban J connectivity index is 2.06. The van der Waals surface area contributed by atoms with Gasteiger partial charge < -0.3 is 10.2 Å². The fourth-order valence-corrected chi connectivity index (χ4v) is 1.49. The molecule has 0 saturated carbocycles. The maximum Gasteiger partial charge on any atom is 0.251 e. The zero-order valence-corrected chi connectivity index (χ0v) is 10.2. The number of nitrogens with one attached hydrogen (secondary N) is 2. The highest BCUT2D eigenvalue weighted by molar-refractivity contribution is 5.99. The summed E-state index contributed by atoms with van der Waals surface area (Å²) in [5, 5.41) is 10.2. The van der Waals surface area contributed by atoms with Gasteiger partial charge in [-0.1, -0.05) is 6.07 Å². The molecule has 0 unspecified atom stereocenters. The highest BCUT2D eigenvalue weighted by Crippen LogP contribution is 2.12. The van der Waals surface area contributed by atoms with E-state index in [1.165, 1.54) is 4.90 Å². The smallest absolute Gasteiger partial charge is 0.251 e. The number of benzene rings is 1. The van der Waals surface area contributed by atoms with Gasteiger partial charge in [-0.15, -0.1) is 0 Å². The van der Waals surface area contributed by atoms with Crippen molar-refractivity contribution in [2.45, 2.75) is 0 Å². The third-order valence-corrected chi connectivity index (χ3v) is 2.60. The van der Waals surface area contributed by atoms with Crippen LogP contribution >= 0.6 is 0 Å². The maximum atomic E-state index is 11.8. The number of H-pyrrole nitrogens is 1. The molecule has 1 heterocycles. The van der Waals surface area contributed by atoms with Crippen molar-refractivity contribution in [2.75, 3.05) is 20.6 Å². The molecule has 0 aliphatic heterocycles. The van der Waals surface area contributed by atoms with Crippen LogP contribution in [0.2, 0.25) is 0 Å². The Morgan fingerprint density at radius 1 is 1.39 bits per heavy atom. The van der Waals surface area contributed by atoms with E-state index in [1.807, 2.05) is 6.07 Å². The van der Waals surface area contributed by atoms with Crippen LogP contribution < -0.4 is 5.32 Å². The number of carbonyl (C=O) groups excluding carboxylic acids is 2. The number of amides is 2. The summed E-state index contributed by atoms with van der Waals surface area (Å²) >= 11 is 0. The molecular formula is C12H14N4O2. The largest absolute Gasteiger partial charge is 0.347 e. The van der Waals surface area contributed by atoms with Crippen LogP contribution in [0.15, 0.2) is 24.4 Å². The van der Waals surface area contributed by atoms with Crippen LogP contribution in [0.5, 0.6) is 0 Å². The first-order valence-corrected chi connectivity index (χ1v) is 5.49. The van der Waals surface area contributed by atoms with E-state index in [1.54, 1.807) is 32.4 Å². The van der Waals surface area contributed by atoms with Crippen molar-refractivity contribution in [3.8, 4) is 0 Å². The monoisotopic (exact) mass is 246 g/mol. The average Bonchev–Trinajstić information content (AvgIpc) is 2.82. The van der Waals surface area contributed by atoms with Gasteiger partial charge in [-0.05, 0) is 12.1 Å². The van der Waals surface area contributed by atoms with E-state index in [9.17, 15) is 9.59 Å². The molecule has 0 saturated heterocycles. The Labute approximate surface area is 104 Å². The number of rotatable bonds is 3. The van der Waals surface area contributed by atoms with E-state index in [4.69, 9.17) is 0 Å². The lowest BCUT2D eigenvalue weighted by Crippen LogP contribution is -2.36. The minimum atomic E-state index is -0.276. The Hall–Kier alpha value is -2.37. The third kappa shape index (κ3) is 2.48. The lowest BCUT2D eigenvalue weighted by Gasteiger charge is -2.10. The highest BCUT2D eigenvalue weighted by Gasteiger charge is 2.10. The molecule has 0 fully saturated rings. The summed E-state index contributed by atoms with van der Waals surface area (Å²) < 4.78 is 0. The molecule has 0 aliphatic rings. The number of carbonyl (C=O) groups is 2. The van der Waals surface area contributed by atoms with Gasteiger partial charge in [-0.3, -0.25) is 14.7 Å². The van der Waals surface area contributed by atoms with E-state index in [-0.39, 0.29) is 18.4 Å². The summed E-state index contributed by atoms with van der Waals surface area (Å²) in [5.74, 6) is -0.423. The van der Waals surface area contributed by atoms with Crippen molar-refractivity contribution in [3.05, 3.63) is 30.0 Å². The summed E-state index contributed by atoms with van der Waals surface area (Å²) in [6, 6.07) is 5.21. The van der Waals surface area contributed by atoms with Crippen molar-refractivity contribution < 1.29 is 9.59 Å². The van der Waals surface area contributed by atoms with Crippen LogP contribution in [0.4, 0.5) is 0 Å². The summed E-state index contributed by atoms with van der Waals surface area (Å²) in [7, 11) is 3.29. The molecule has 0 atom stereocenters. The average molecular weight is 246 g/mol. The zero-order chi connectivity index (χ0) is 13.1. The van der Waals surface area contributed by atoms with Crippen molar-refractivity contribution >= 4 is 22.7 Å². The predicted molar refractivity (Wildman–Crippen MR) is 67.1 cm³/mol. The van der Waals surface area contributed by atoms with Gasteiger partial charge in [0, 0.05) is 25.0 Å². The molecule has 0 radical (unpaired) electrons. The number of aromatic nitrogens is 2. The van der Waals surface area contributed by atoms with Gasteiger partial charge in [0.2, 0.25) is 5.91 Å². The molecule has 94 valence electrons. The molecule has 0 bridgehead atoms. The molecule has 0 spiro atoms. The molecule has 18 heavy (non-hydrogen) atoms. The number of aromatic amines is 1. The second-order valence-electron chi connectivity index (χ2n) is 4.14. The summed E-state index contributed by atoms with van der Waals surface area (Å²) in [6.07, 6.45) is 1.69. The van der Waals surface area contributed by atoms with E-state index in [0.29, 0.717) is 5.56 Å². The Morgan fingerprint density at radius 2 is 2.17 bits per heavy atom. The summed E-state index contributed by atoms with van der Waals surface area (Å²) in [4.78, 5) is 24.6. The van der Waals surface area contributed by atoms with Crippen LogP contribution in [-0.2, 0) is 4.79 Å². The molecule has 2 aromatic rings. The molecule has 1 aromatic carbocycles. The molecular weight excluding hydrogens is 232 g/mol. The second-order valence-corrected chi connectivity index (χ2v) is 4.14. The fraction of sp³-hybridized carbons (Fsp3) is 0.250.